The van der Waals surface area contributed by atoms with Gasteiger partial charge in [-0.05, 0) is 43.0 Å². The zero-order valence-corrected chi connectivity index (χ0v) is 10.9. The van der Waals surface area contributed by atoms with Gasteiger partial charge in [-0.1, -0.05) is 13.8 Å². The van der Waals surface area contributed by atoms with Crippen LogP contribution in [0.5, 0.6) is 5.75 Å². The smallest absolute Gasteiger partial charge is 0.257 e. The van der Waals surface area contributed by atoms with Crippen LogP contribution in [0.25, 0.3) is 0 Å². The second-order valence-electron chi connectivity index (χ2n) is 4.63. The van der Waals surface area contributed by atoms with Crippen molar-refractivity contribution in [1.82, 2.24) is 5.32 Å². The van der Waals surface area contributed by atoms with Gasteiger partial charge < -0.3 is 10.1 Å². The van der Waals surface area contributed by atoms with Crippen molar-refractivity contribution in [3.05, 3.63) is 30.1 Å². The predicted molar refractivity (Wildman–Crippen MR) is 69.0 cm³/mol. The van der Waals surface area contributed by atoms with Crippen LogP contribution in [0, 0.1) is 11.7 Å². The van der Waals surface area contributed by atoms with E-state index < -0.39 is 0 Å². The molecule has 1 rings (SSSR count). The standard InChI is InChI=1S/C14H20FNO2/c1-11(2)4-3-9-16-14(17)10-18-13-7-5-12(15)6-8-13/h5-8,11H,3-4,9-10H2,1-2H3,(H,16,17). The normalized spacial score (nSPS) is 10.4. The minimum atomic E-state index is -0.319. The molecule has 0 atom stereocenters. The van der Waals surface area contributed by atoms with Crippen LogP contribution in [0.4, 0.5) is 4.39 Å². The third-order valence-corrected chi connectivity index (χ3v) is 2.46. The lowest BCUT2D eigenvalue weighted by Crippen LogP contribution is -2.29. The molecule has 0 aliphatic heterocycles. The number of rotatable bonds is 7. The summed E-state index contributed by atoms with van der Waals surface area (Å²) < 4.78 is 17.8. The molecule has 0 saturated heterocycles. The first-order valence-electron chi connectivity index (χ1n) is 6.23. The summed E-state index contributed by atoms with van der Waals surface area (Å²) >= 11 is 0. The van der Waals surface area contributed by atoms with Crippen molar-refractivity contribution in [1.29, 1.82) is 0 Å². The van der Waals surface area contributed by atoms with Crippen LogP contribution < -0.4 is 10.1 Å². The molecule has 0 aromatic heterocycles. The van der Waals surface area contributed by atoms with Gasteiger partial charge in [-0.15, -0.1) is 0 Å². The van der Waals surface area contributed by atoms with E-state index in [4.69, 9.17) is 4.74 Å². The number of ether oxygens (including phenoxy) is 1. The Balaban J connectivity index is 2.15. The molecule has 0 unspecified atom stereocenters. The summed E-state index contributed by atoms with van der Waals surface area (Å²) in [5.41, 5.74) is 0. The molecule has 0 saturated carbocycles. The SMILES string of the molecule is CC(C)CCCNC(=O)COc1ccc(F)cc1. The van der Waals surface area contributed by atoms with Crippen molar-refractivity contribution in [2.45, 2.75) is 26.7 Å². The third kappa shape index (κ3) is 6.23. The van der Waals surface area contributed by atoms with Crippen molar-refractivity contribution in [2.24, 2.45) is 5.92 Å². The highest BCUT2D eigenvalue weighted by atomic mass is 19.1. The van der Waals surface area contributed by atoms with Crippen LogP contribution in [0.3, 0.4) is 0 Å². The van der Waals surface area contributed by atoms with E-state index in [0.29, 0.717) is 18.2 Å². The average molecular weight is 253 g/mol. The number of carbonyl (C=O) groups is 1. The number of hydrogen-bond acceptors (Lipinski definition) is 2. The van der Waals surface area contributed by atoms with Gasteiger partial charge in [0.1, 0.15) is 11.6 Å². The van der Waals surface area contributed by atoms with E-state index in [9.17, 15) is 9.18 Å². The first kappa shape index (κ1) is 14.5. The lowest BCUT2D eigenvalue weighted by atomic mass is 10.1. The first-order chi connectivity index (χ1) is 8.58. The molecule has 0 spiro atoms. The Bertz CT molecular complexity index is 363. The lowest BCUT2D eigenvalue weighted by molar-refractivity contribution is -0.123. The predicted octanol–water partition coefficient (Wildman–Crippen LogP) is 2.76. The fourth-order valence-electron chi connectivity index (χ4n) is 1.47. The first-order valence-corrected chi connectivity index (χ1v) is 6.23. The van der Waals surface area contributed by atoms with Crippen molar-refractivity contribution in [3.63, 3.8) is 0 Å². The monoisotopic (exact) mass is 253 g/mol. The molecule has 1 N–H and O–H groups in total. The van der Waals surface area contributed by atoms with Crippen LogP contribution in [0.2, 0.25) is 0 Å². The second kappa shape index (κ2) is 7.69. The molecule has 1 aromatic rings. The number of carbonyl (C=O) groups excluding carboxylic acids is 1. The van der Waals surface area contributed by atoms with Gasteiger partial charge in [0, 0.05) is 6.54 Å². The molecule has 1 amide bonds. The minimum absolute atomic E-state index is 0.0344. The Hall–Kier alpha value is -1.58. The van der Waals surface area contributed by atoms with E-state index in [2.05, 4.69) is 19.2 Å². The number of nitrogens with one attached hydrogen (secondary N) is 1. The molecule has 0 fully saturated rings. The summed E-state index contributed by atoms with van der Waals surface area (Å²) in [5, 5.41) is 2.78. The Morgan fingerprint density at radius 1 is 1.33 bits per heavy atom. The lowest BCUT2D eigenvalue weighted by Gasteiger charge is -2.08. The summed E-state index contributed by atoms with van der Waals surface area (Å²) in [6.07, 6.45) is 2.07. The number of hydrogen-bond donors (Lipinski definition) is 1. The molecule has 0 heterocycles. The van der Waals surface area contributed by atoms with Gasteiger partial charge in [-0.25, -0.2) is 4.39 Å². The Labute approximate surface area is 107 Å². The highest BCUT2D eigenvalue weighted by Crippen LogP contribution is 2.10. The largest absolute Gasteiger partial charge is 0.484 e. The summed E-state index contributed by atoms with van der Waals surface area (Å²) in [4.78, 5) is 11.4. The molecule has 3 nitrogen and oxygen atoms in total. The molecule has 0 bridgehead atoms. The average Bonchev–Trinajstić information content (AvgIpc) is 2.34. The maximum absolute atomic E-state index is 12.6. The zero-order valence-electron chi connectivity index (χ0n) is 10.9. The quantitative estimate of drug-likeness (QED) is 0.759. The van der Waals surface area contributed by atoms with Crippen molar-refractivity contribution in [2.75, 3.05) is 13.2 Å². The fraction of sp³-hybridized carbons (Fsp3) is 0.500. The second-order valence-corrected chi connectivity index (χ2v) is 4.63. The Morgan fingerprint density at radius 3 is 2.61 bits per heavy atom. The van der Waals surface area contributed by atoms with Crippen LogP contribution >= 0.6 is 0 Å². The molecular weight excluding hydrogens is 233 g/mol. The van der Waals surface area contributed by atoms with Crippen molar-refractivity contribution >= 4 is 5.91 Å². The third-order valence-electron chi connectivity index (χ3n) is 2.46. The number of benzene rings is 1. The van der Waals surface area contributed by atoms with E-state index >= 15 is 0 Å². The summed E-state index contributed by atoms with van der Waals surface area (Å²) in [6.45, 7) is 4.94. The maximum atomic E-state index is 12.6. The molecular formula is C14H20FNO2. The van der Waals surface area contributed by atoms with Gasteiger partial charge >= 0.3 is 0 Å². The molecule has 100 valence electrons. The Morgan fingerprint density at radius 2 is 2.00 bits per heavy atom. The molecule has 0 radical (unpaired) electrons. The molecule has 1 aromatic carbocycles. The summed E-state index contributed by atoms with van der Waals surface area (Å²) in [7, 11) is 0. The number of halogens is 1. The van der Waals surface area contributed by atoms with Crippen LogP contribution in [0.15, 0.2) is 24.3 Å². The van der Waals surface area contributed by atoms with E-state index in [1.54, 1.807) is 0 Å². The Kier molecular flexibility index (Phi) is 6.19. The number of amides is 1. The van der Waals surface area contributed by atoms with E-state index in [0.717, 1.165) is 12.8 Å². The van der Waals surface area contributed by atoms with E-state index in [1.165, 1.54) is 24.3 Å². The van der Waals surface area contributed by atoms with Gasteiger partial charge in [0.2, 0.25) is 0 Å². The van der Waals surface area contributed by atoms with Crippen LogP contribution in [0.1, 0.15) is 26.7 Å². The topological polar surface area (TPSA) is 38.3 Å². The summed E-state index contributed by atoms with van der Waals surface area (Å²) in [6, 6.07) is 5.61. The summed E-state index contributed by atoms with van der Waals surface area (Å²) in [5.74, 6) is 0.676. The molecule has 0 aliphatic carbocycles. The van der Waals surface area contributed by atoms with Gasteiger partial charge in [0.15, 0.2) is 6.61 Å². The van der Waals surface area contributed by atoms with Gasteiger partial charge in [0.25, 0.3) is 5.91 Å². The molecule has 0 aliphatic rings. The molecule has 4 heteroatoms. The highest BCUT2D eigenvalue weighted by molar-refractivity contribution is 5.77. The van der Waals surface area contributed by atoms with Gasteiger partial charge in [-0.2, -0.15) is 0 Å². The highest BCUT2D eigenvalue weighted by Gasteiger charge is 2.02. The van der Waals surface area contributed by atoms with Crippen molar-refractivity contribution in [3.8, 4) is 5.75 Å². The molecule has 18 heavy (non-hydrogen) atoms. The maximum Gasteiger partial charge on any atom is 0.257 e. The zero-order chi connectivity index (χ0) is 13.4. The van der Waals surface area contributed by atoms with Crippen molar-refractivity contribution < 1.29 is 13.9 Å². The van der Waals surface area contributed by atoms with E-state index in [1.807, 2.05) is 0 Å². The van der Waals surface area contributed by atoms with Gasteiger partial charge in [-0.3, -0.25) is 4.79 Å². The van der Waals surface area contributed by atoms with Gasteiger partial charge in [0.05, 0.1) is 0 Å². The van der Waals surface area contributed by atoms with Crippen LogP contribution in [-0.4, -0.2) is 19.1 Å². The minimum Gasteiger partial charge on any atom is -0.484 e. The fourth-order valence-corrected chi connectivity index (χ4v) is 1.47. The van der Waals surface area contributed by atoms with Crippen LogP contribution in [-0.2, 0) is 4.79 Å². The van der Waals surface area contributed by atoms with E-state index in [-0.39, 0.29) is 18.3 Å².